The molecule has 1 heterocycles. The molecule has 0 unspecified atom stereocenters. The number of hydrogen-bond acceptors (Lipinski definition) is 5. The molecule has 6 nitrogen and oxygen atoms in total. The van der Waals surface area contributed by atoms with E-state index < -0.39 is 16.2 Å². The van der Waals surface area contributed by atoms with Gasteiger partial charge in [-0.3, -0.25) is 0 Å². The molecule has 0 saturated heterocycles. The molecule has 0 spiro atoms. The molecule has 0 radical (unpaired) electrons. The zero-order valence-corrected chi connectivity index (χ0v) is 14.4. The molecule has 0 saturated carbocycles. The zero-order chi connectivity index (χ0) is 16.3. The van der Waals surface area contributed by atoms with Crippen molar-refractivity contribution in [3.05, 3.63) is 40.9 Å². The minimum atomic E-state index is -3.98. The van der Waals surface area contributed by atoms with Gasteiger partial charge in [0.05, 0.1) is 18.2 Å². The van der Waals surface area contributed by atoms with Crippen LogP contribution >= 0.6 is 23.5 Å². The summed E-state index contributed by atoms with van der Waals surface area (Å²) in [6, 6.07) is 8.30. The molecule has 0 N–H and O–H groups in total. The lowest BCUT2D eigenvalue weighted by Crippen LogP contribution is -2.36. The number of esters is 1. The summed E-state index contributed by atoms with van der Waals surface area (Å²) in [6.45, 7) is 3.48. The molecule has 0 amide bonds. The number of allylic oxidation sites excluding steroid dienone is 1. The number of rotatable bonds is 5. The fourth-order valence-electron chi connectivity index (χ4n) is 1.85. The first-order valence-corrected chi connectivity index (χ1v) is 9.16. The molecule has 0 atom stereocenters. The fraction of sp³-hybridized carbons (Fsp3) is 0.308. The molecule has 1 aromatic carbocycles. The Bertz CT molecular complexity index is 691. The van der Waals surface area contributed by atoms with Crippen LogP contribution in [0.3, 0.4) is 0 Å². The first-order chi connectivity index (χ1) is 10.4. The third-order valence-electron chi connectivity index (χ3n) is 2.93. The summed E-state index contributed by atoms with van der Waals surface area (Å²) in [6.07, 6.45) is 0. The number of halogens is 1. The van der Waals surface area contributed by atoms with Gasteiger partial charge in [-0.15, -0.1) is 0 Å². The van der Waals surface area contributed by atoms with Crippen molar-refractivity contribution in [1.29, 1.82) is 0 Å². The van der Waals surface area contributed by atoms with Crippen molar-refractivity contribution >= 4 is 45.4 Å². The van der Waals surface area contributed by atoms with Crippen LogP contribution in [0, 0.1) is 0 Å². The Hall–Kier alpha value is -1.38. The average molecular weight is 363 g/mol. The number of carbonyl (C=O) groups excluding carboxylic acids is 1. The highest BCUT2D eigenvalue weighted by Gasteiger charge is 2.37. The van der Waals surface area contributed by atoms with E-state index in [1.54, 1.807) is 44.2 Å². The van der Waals surface area contributed by atoms with Crippen LogP contribution < -0.4 is 3.82 Å². The van der Waals surface area contributed by atoms with Gasteiger partial charge in [0.25, 0.3) is 0 Å². The van der Waals surface area contributed by atoms with Crippen molar-refractivity contribution in [2.45, 2.75) is 13.8 Å². The molecule has 0 bridgehead atoms. The summed E-state index contributed by atoms with van der Waals surface area (Å²) in [4.78, 5) is 12.1. The molecular weight excluding hydrogens is 348 g/mol. The van der Waals surface area contributed by atoms with Crippen molar-refractivity contribution in [3.8, 4) is 0 Å². The van der Waals surface area contributed by atoms with Crippen molar-refractivity contribution in [2.24, 2.45) is 0 Å². The second-order valence-corrected chi connectivity index (χ2v) is 7.51. The highest BCUT2D eigenvalue weighted by Crippen LogP contribution is 2.37. The number of ether oxygens (including phenoxy) is 1. The Morgan fingerprint density at radius 2 is 2.05 bits per heavy atom. The first-order valence-electron chi connectivity index (χ1n) is 6.44. The number of benzene rings is 1. The van der Waals surface area contributed by atoms with Crippen LogP contribution in [-0.2, 0) is 19.7 Å². The van der Waals surface area contributed by atoms with Crippen molar-refractivity contribution in [3.63, 3.8) is 0 Å². The van der Waals surface area contributed by atoms with Gasteiger partial charge in [-0.2, -0.15) is 12.2 Å². The van der Waals surface area contributed by atoms with Crippen LogP contribution in [0.5, 0.6) is 0 Å². The lowest BCUT2D eigenvalue weighted by Gasteiger charge is -2.24. The van der Waals surface area contributed by atoms with Crippen LogP contribution in [0.2, 0.25) is 0 Å². The Labute approximate surface area is 139 Å². The highest BCUT2D eigenvalue weighted by atomic mass is 35.5. The van der Waals surface area contributed by atoms with Gasteiger partial charge in [-0.25, -0.2) is 9.10 Å². The summed E-state index contributed by atoms with van der Waals surface area (Å²) >= 11 is 7.10. The number of anilines is 1. The SMILES string of the molecule is CCOC(=O)C1=C(C)N(S(=O)(=O)N(Cl)c2ccccc2)CS1. The van der Waals surface area contributed by atoms with Crippen LogP contribution in [-0.4, -0.2) is 31.2 Å². The highest BCUT2D eigenvalue weighted by molar-refractivity contribution is 8.05. The Morgan fingerprint density at radius 3 is 2.64 bits per heavy atom. The van der Waals surface area contributed by atoms with E-state index in [-0.39, 0.29) is 17.4 Å². The maximum absolute atomic E-state index is 12.6. The molecule has 120 valence electrons. The van der Waals surface area contributed by atoms with E-state index >= 15 is 0 Å². The Morgan fingerprint density at radius 1 is 1.41 bits per heavy atom. The summed E-state index contributed by atoms with van der Waals surface area (Å²) < 4.78 is 31.9. The van der Waals surface area contributed by atoms with Gasteiger partial charge in [0, 0.05) is 17.5 Å². The van der Waals surface area contributed by atoms with Crippen molar-refractivity contribution in [2.75, 3.05) is 16.3 Å². The predicted octanol–water partition coefficient (Wildman–Crippen LogP) is 2.69. The Balaban J connectivity index is 2.29. The third-order valence-corrected chi connectivity index (χ3v) is 6.53. The molecule has 0 aliphatic carbocycles. The van der Waals surface area contributed by atoms with Gasteiger partial charge < -0.3 is 4.74 Å². The molecule has 2 rings (SSSR count). The van der Waals surface area contributed by atoms with E-state index in [2.05, 4.69) is 0 Å². The lowest BCUT2D eigenvalue weighted by atomic mass is 10.3. The topological polar surface area (TPSA) is 66.9 Å². The maximum atomic E-state index is 12.6. The number of thioether (sulfide) groups is 1. The van der Waals surface area contributed by atoms with Crippen LogP contribution in [0.1, 0.15) is 13.8 Å². The van der Waals surface area contributed by atoms with Crippen molar-refractivity contribution in [1.82, 2.24) is 4.31 Å². The van der Waals surface area contributed by atoms with E-state index in [0.29, 0.717) is 15.2 Å². The number of para-hydroxylation sites is 1. The van der Waals surface area contributed by atoms with Crippen molar-refractivity contribution < 1.29 is 17.9 Å². The molecule has 0 aromatic heterocycles. The van der Waals surface area contributed by atoms with Crippen LogP contribution in [0.25, 0.3) is 0 Å². The maximum Gasteiger partial charge on any atom is 0.346 e. The summed E-state index contributed by atoms with van der Waals surface area (Å²) in [5, 5.41) is 0. The monoisotopic (exact) mass is 362 g/mol. The third kappa shape index (κ3) is 3.18. The Kier molecular flexibility index (Phi) is 5.25. The molecule has 1 aliphatic rings. The van der Waals surface area contributed by atoms with Crippen LogP contribution in [0.15, 0.2) is 40.9 Å². The van der Waals surface area contributed by atoms with Gasteiger partial charge in [-0.05, 0) is 26.0 Å². The second kappa shape index (κ2) is 6.80. The second-order valence-electron chi connectivity index (χ2n) is 4.32. The first kappa shape index (κ1) is 17.0. The molecule has 22 heavy (non-hydrogen) atoms. The molecule has 1 aromatic rings. The fourth-order valence-corrected chi connectivity index (χ4v) is 4.86. The van der Waals surface area contributed by atoms with Gasteiger partial charge in [0.1, 0.15) is 4.91 Å². The summed E-state index contributed by atoms with van der Waals surface area (Å²) in [7, 11) is -3.98. The normalized spacial score (nSPS) is 15.1. The van der Waals surface area contributed by atoms with Gasteiger partial charge >= 0.3 is 16.2 Å². The largest absolute Gasteiger partial charge is 0.462 e. The van der Waals surface area contributed by atoms with E-state index in [1.165, 1.54) is 0 Å². The average Bonchev–Trinajstić information content (AvgIpc) is 2.90. The number of hydrogen-bond donors (Lipinski definition) is 0. The van der Waals surface area contributed by atoms with E-state index in [1.807, 2.05) is 0 Å². The van der Waals surface area contributed by atoms with Gasteiger partial charge in [0.15, 0.2) is 0 Å². The minimum Gasteiger partial charge on any atom is -0.462 e. The molecule has 9 heteroatoms. The zero-order valence-electron chi connectivity index (χ0n) is 12.0. The standard InChI is InChI=1S/C13H15ClN2O4S2/c1-3-20-13(17)12-10(2)15(9-21-12)22(18,19)16(14)11-7-5-4-6-8-11/h4-8H,3,9H2,1-2H3. The van der Waals surface area contributed by atoms with Gasteiger partial charge in [0.2, 0.25) is 0 Å². The van der Waals surface area contributed by atoms with E-state index in [4.69, 9.17) is 16.5 Å². The van der Waals surface area contributed by atoms with E-state index in [9.17, 15) is 13.2 Å². The molecule has 1 aliphatic heterocycles. The van der Waals surface area contributed by atoms with Crippen LogP contribution in [0.4, 0.5) is 5.69 Å². The minimum absolute atomic E-state index is 0.0817. The summed E-state index contributed by atoms with van der Waals surface area (Å²) in [5.74, 6) is -0.443. The number of nitrogens with zero attached hydrogens (tertiary/aromatic N) is 2. The molecule has 0 fully saturated rings. The lowest BCUT2D eigenvalue weighted by molar-refractivity contribution is -0.137. The van der Waals surface area contributed by atoms with Gasteiger partial charge in [-0.1, -0.05) is 30.0 Å². The van der Waals surface area contributed by atoms with E-state index in [0.717, 1.165) is 16.1 Å². The molecular formula is C13H15ClN2O4S2. The summed E-state index contributed by atoms with van der Waals surface area (Å²) in [5.41, 5.74) is 0.636. The smallest absolute Gasteiger partial charge is 0.346 e. The quantitative estimate of drug-likeness (QED) is 0.595. The number of carbonyl (C=O) groups is 1. The predicted molar refractivity (Wildman–Crippen MR) is 87.3 cm³/mol.